The van der Waals surface area contributed by atoms with E-state index in [2.05, 4.69) is 32.4 Å². The number of nitrogens with one attached hydrogen (secondary N) is 2. The van der Waals surface area contributed by atoms with Gasteiger partial charge in [-0.15, -0.1) is 22.0 Å². The fourth-order valence-corrected chi connectivity index (χ4v) is 5.53. The number of anilines is 1. The summed E-state index contributed by atoms with van der Waals surface area (Å²) in [5, 5.41) is 12.0. The number of carbonyl (C=O) groups excluding carboxylic acids is 1. The summed E-state index contributed by atoms with van der Waals surface area (Å²) >= 11 is 3.03. The van der Waals surface area contributed by atoms with E-state index in [1.54, 1.807) is 23.9 Å². The number of unbranched alkanes of at least 4 members (excludes halogenated alkanes) is 1. The van der Waals surface area contributed by atoms with Crippen LogP contribution in [0.3, 0.4) is 0 Å². The van der Waals surface area contributed by atoms with Crippen molar-refractivity contribution >= 4 is 44.2 Å². The molecular weight excluding hydrogens is 452 g/mol. The number of nitrogens with zero attached hydrogens (tertiary/aromatic N) is 2. The molecule has 3 rings (SSSR count). The molecule has 0 aliphatic rings. The number of benzene rings is 2. The molecule has 0 fully saturated rings. The van der Waals surface area contributed by atoms with Crippen LogP contribution in [0.25, 0.3) is 0 Å². The molecule has 10 heteroatoms. The van der Waals surface area contributed by atoms with Crippen molar-refractivity contribution in [2.24, 2.45) is 0 Å². The first-order chi connectivity index (χ1) is 15.0. The third-order valence-corrected chi connectivity index (χ3v) is 7.75. The van der Waals surface area contributed by atoms with Gasteiger partial charge in [0.25, 0.3) is 5.91 Å². The van der Waals surface area contributed by atoms with Crippen molar-refractivity contribution in [2.75, 3.05) is 11.9 Å². The van der Waals surface area contributed by atoms with Crippen LogP contribution in [0.1, 0.15) is 40.7 Å². The van der Waals surface area contributed by atoms with E-state index in [1.165, 1.54) is 29.0 Å². The minimum Gasteiger partial charge on any atom is -0.296 e. The molecule has 0 atom stereocenters. The second kappa shape index (κ2) is 11.4. The topological polar surface area (TPSA) is 101 Å². The van der Waals surface area contributed by atoms with Crippen LogP contribution >= 0.6 is 23.1 Å². The van der Waals surface area contributed by atoms with Crippen LogP contribution in [0.4, 0.5) is 5.13 Å². The van der Waals surface area contributed by atoms with E-state index in [0.29, 0.717) is 17.4 Å². The van der Waals surface area contributed by atoms with Crippen molar-refractivity contribution in [1.29, 1.82) is 0 Å². The Bertz CT molecular complexity index is 1100. The average Bonchev–Trinajstić information content (AvgIpc) is 3.22. The average molecular weight is 477 g/mol. The number of amides is 1. The molecule has 0 unspecified atom stereocenters. The lowest BCUT2D eigenvalue weighted by Gasteiger charge is -2.08. The molecule has 3 aromatic rings. The first-order valence-electron chi connectivity index (χ1n) is 9.83. The second-order valence-corrected chi connectivity index (χ2v) is 10.5. The number of sulfonamides is 1. The molecule has 0 spiro atoms. The maximum atomic E-state index is 12.6. The van der Waals surface area contributed by atoms with Crippen LogP contribution in [-0.2, 0) is 21.5 Å². The lowest BCUT2D eigenvalue weighted by molar-refractivity contribution is 0.102. The summed E-state index contributed by atoms with van der Waals surface area (Å²) in [6.07, 6.45) is 1.64. The third kappa shape index (κ3) is 7.13. The van der Waals surface area contributed by atoms with Gasteiger partial charge in [0.05, 0.1) is 4.90 Å². The lowest BCUT2D eigenvalue weighted by atomic mass is 10.2. The van der Waals surface area contributed by atoms with E-state index in [4.69, 9.17) is 0 Å². The van der Waals surface area contributed by atoms with Gasteiger partial charge in [-0.2, -0.15) is 0 Å². The highest BCUT2D eigenvalue weighted by molar-refractivity contribution is 7.97. The summed E-state index contributed by atoms with van der Waals surface area (Å²) in [6.45, 7) is 2.35. The Hall–Kier alpha value is -2.27. The first-order valence-corrected chi connectivity index (χ1v) is 13.3. The number of rotatable bonds is 11. The minimum absolute atomic E-state index is 0.0616. The highest BCUT2D eigenvalue weighted by Gasteiger charge is 2.17. The van der Waals surface area contributed by atoms with E-state index in [-0.39, 0.29) is 10.5 Å². The molecule has 164 valence electrons. The maximum Gasteiger partial charge on any atom is 0.257 e. The predicted octanol–water partition coefficient (Wildman–Crippen LogP) is 4.30. The van der Waals surface area contributed by atoms with Crippen LogP contribution in [0, 0.1) is 0 Å². The zero-order valence-corrected chi connectivity index (χ0v) is 19.5. The van der Waals surface area contributed by atoms with Gasteiger partial charge < -0.3 is 0 Å². The van der Waals surface area contributed by atoms with Crippen molar-refractivity contribution in [3.05, 3.63) is 70.7 Å². The highest BCUT2D eigenvalue weighted by Crippen LogP contribution is 2.23. The summed E-state index contributed by atoms with van der Waals surface area (Å²) in [7, 11) is -3.65. The lowest BCUT2D eigenvalue weighted by Crippen LogP contribution is -2.25. The van der Waals surface area contributed by atoms with Crippen LogP contribution in [0.15, 0.2) is 59.5 Å². The van der Waals surface area contributed by atoms with Crippen molar-refractivity contribution in [2.45, 2.75) is 36.2 Å². The van der Waals surface area contributed by atoms with Gasteiger partial charge in [0.1, 0.15) is 5.01 Å². The molecule has 0 radical (unpaired) electrons. The van der Waals surface area contributed by atoms with Gasteiger partial charge >= 0.3 is 0 Å². The quantitative estimate of drug-likeness (QED) is 0.400. The van der Waals surface area contributed by atoms with Gasteiger partial charge in [0, 0.05) is 23.6 Å². The molecule has 1 amide bonds. The second-order valence-electron chi connectivity index (χ2n) is 6.71. The molecule has 0 aliphatic carbocycles. The number of carbonyl (C=O) groups is 1. The highest BCUT2D eigenvalue weighted by atomic mass is 32.2. The Labute approximate surface area is 190 Å². The van der Waals surface area contributed by atoms with Crippen molar-refractivity contribution < 1.29 is 13.2 Å². The monoisotopic (exact) mass is 476 g/mol. The van der Waals surface area contributed by atoms with Crippen LogP contribution in [-0.4, -0.2) is 31.1 Å². The standard InChI is InChI=1S/C21H24N4O3S3/c1-2-3-12-22-31(27,28)18-11-7-10-17(13-18)20(26)23-21-25-24-19(30-21)15-29-14-16-8-5-4-6-9-16/h4-11,13,22H,2-3,12,14-15H2,1H3,(H,23,25,26). The van der Waals surface area contributed by atoms with E-state index >= 15 is 0 Å². The van der Waals surface area contributed by atoms with Gasteiger partial charge in [-0.1, -0.05) is 61.1 Å². The Morgan fingerprint density at radius 2 is 1.87 bits per heavy atom. The maximum absolute atomic E-state index is 12.6. The van der Waals surface area contributed by atoms with Gasteiger partial charge in [-0.05, 0) is 30.2 Å². The molecule has 0 bridgehead atoms. The van der Waals surface area contributed by atoms with Gasteiger partial charge in [-0.3, -0.25) is 10.1 Å². The zero-order chi connectivity index (χ0) is 22.1. The molecule has 2 aromatic carbocycles. The smallest absolute Gasteiger partial charge is 0.257 e. The number of hydrogen-bond donors (Lipinski definition) is 2. The molecule has 1 heterocycles. The Morgan fingerprint density at radius 3 is 2.65 bits per heavy atom. The molecule has 0 saturated carbocycles. The van der Waals surface area contributed by atoms with Gasteiger partial charge in [0.2, 0.25) is 15.2 Å². The van der Waals surface area contributed by atoms with E-state index in [1.807, 2.05) is 25.1 Å². The van der Waals surface area contributed by atoms with Crippen LogP contribution in [0.2, 0.25) is 0 Å². The molecule has 1 aromatic heterocycles. The molecule has 7 nitrogen and oxygen atoms in total. The summed E-state index contributed by atoms with van der Waals surface area (Å²) in [4.78, 5) is 12.6. The SMILES string of the molecule is CCCCNS(=O)(=O)c1cccc(C(=O)Nc2nnc(CSCc3ccccc3)s2)c1. The number of aromatic nitrogens is 2. The van der Waals surface area contributed by atoms with Crippen molar-refractivity contribution in [1.82, 2.24) is 14.9 Å². The normalized spacial score (nSPS) is 11.4. The molecule has 2 N–H and O–H groups in total. The molecular formula is C21H24N4O3S3. The summed E-state index contributed by atoms with van der Waals surface area (Å²) in [5.41, 5.74) is 1.48. The van der Waals surface area contributed by atoms with Crippen molar-refractivity contribution in [3.63, 3.8) is 0 Å². The minimum atomic E-state index is -3.65. The Balaban J connectivity index is 1.57. The number of thioether (sulfide) groups is 1. The third-order valence-electron chi connectivity index (χ3n) is 4.25. The van der Waals surface area contributed by atoms with Crippen LogP contribution < -0.4 is 10.0 Å². The molecule has 0 aliphatic heterocycles. The van der Waals surface area contributed by atoms with Crippen molar-refractivity contribution in [3.8, 4) is 0 Å². The summed E-state index contributed by atoms with van der Waals surface area (Å²) in [6, 6.07) is 16.1. The zero-order valence-electron chi connectivity index (χ0n) is 17.1. The summed E-state index contributed by atoms with van der Waals surface area (Å²) < 4.78 is 27.3. The predicted molar refractivity (Wildman–Crippen MR) is 126 cm³/mol. The van der Waals surface area contributed by atoms with E-state index < -0.39 is 15.9 Å². The number of hydrogen-bond acceptors (Lipinski definition) is 7. The Kier molecular flexibility index (Phi) is 8.59. The summed E-state index contributed by atoms with van der Waals surface area (Å²) in [5.74, 6) is 1.14. The molecule has 0 saturated heterocycles. The van der Waals surface area contributed by atoms with E-state index in [9.17, 15) is 13.2 Å². The largest absolute Gasteiger partial charge is 0.296 e. The van der Waals surface area contributed by atoms with E-state index in [0.717, 1.165) is 23.6 Å². The van der Waals surface area contributed by atoms with Gasteiger partial charge in [0.15, 0.2) is 0 Å². The Morgan fingerprint density at radius 1 is 1.06 bits per heavy atom. The first kappa shape index (κ1) is 23.4. The fourth-order valence-electron chi connectivity index (χ4n) is 2.63. The molecule has 31 heavy (non-hydrogen) atoms. The van der Waals surface area contributed by atoms with Gasteiger partial charge in [-0.25, -0.2) is 13.1 Å². The fraction of sp³-hybridized carbons (Fsp3) is 0.286. The van der Waals surface area contributed by atoms with Crippen LogP contribution in [0.5, 0.6) is 0 Å².